The zero-order valence-electron chi connectivity index (χ0n) is 11.5. The Hall–Kier alpha value is -0.260. The topological polar surface area (TPSA) is 0 Å². The van der Waals surface area contributed by atoms with Crippen LogP contribution < -0.4 is 0 Å². The molecule has 0 aromatic rings. The highest BCUT2D eigenvalue weighted by molar-refractivity contribution is 4.82. The summed E-state index contributed by atoms with van der Waals surface area (Å²) in [6.45, 7) is 11.0. The molecule has 1 aliphatic carbocycles. The monoisotopic (exact) mass is 222 g/mol. The molecule has 0 bridgehead atoms. The summed E-state index contributed by atoms with van der Waals surface area (Å²) in [5.74, 6) is 3.68. The first-order chi connectivity index (χ1) is 7.65. The lowest BCUT2D eigenvalue weighted by Crippen LogP contribution is -2.17. The van der Waals surface area contributed by atoms with Crippen molar-refractivity contribution in [1.29, 1.82) is 0 Å². The highest BCUT2D eigenvalue weighted by atomic mass is 14.3. The molecule has 1 fully saturated rings. The molecule has 0 heterocycles. The molecule has 0 nitrogen and oxygen atoms in total. The van der Waals surface area contributed by atoms with E-state index in [0.717, 1.165) is 23.7 Å². The molecule has 16 heavy (non-hydrogen) atoms. The molecule has 1 unspecified atom stereocenters. The average molecular weight is 222 g/mol. The molecule has 0 saturated heterocycles. The molecule has 1 aliphatic rings. The Morgan fingerprint density at radius 3 is 1.94 bits per heavy atom. The van der Waals surface area contributed by atoms with Crippen LogP contribution >= 0.6 is 0 Å². The Kier molecular flexibility index (Phi) is 6.16. The Morgan fingerprint density at radius 2 is 1.56 bits per heavy atom. The van der Waals surface area contributed by atoms with Crippen molar-refractivity contribution in [2.45, 2.75) is 65.7 Å². The average Bonchev–Trinajstić information content (AvgIpc) is 2.27. The van der Waals surface area contributed by atoms with Crippen molar-refractivity contribution in [2.24, 2.45) is 23.7 Å². The maximum atomic E-state index is 3.95. The van der Waals surface area contributed by atoms with E-state index in [1.54, 1.807) is 0 Å². The van der Waals surface area contributed by atoms with Crippen LogP contribution in [0.3, 0.4) is 0 Å². The van der Waals surface area contributed by atoms with Gasteiger partial charge < -0.3 is 0 Å². The van der Waals surface area contributed by atoms with Crippen LogP contribution in [0, 0.1) is 23.7 Å². The lowest BCUT2D eigenvalue weighted by molar-refractivity contribution is 0.223. The molecule has 0 aliphatic heterocycles. The van der Waals surface area contributed by atoms with Gasteiger partial charge in [-0.2, -0.15) is 0 Å². The van der Waals surface area contributed by atoms with Gasteiger partial charge in [0.2, 0.25) is 0 Å². The Morgan fingerprint density at radius 1 is 1.06 bits per heavy atom. The van der Waals surface area contributed by atoms with Crippen LogP contribution in [0.2, 0.25) is 0 Å². The van der Waals surface area contributed by atoms with Gasteiger partial charge in [0, 0.05) is 0 Å². The SMILES string of the molecule is C=CC(CC)CC1CCC(CC(C)C)CC1. The minimum atomic E-state index is 0.770. The lowest BCUT2D eigenvalue weighted by atomic mass is 9.75. The van der Waals surface area contributed by atoms with Crippen molar-refractivity contribution >= 4 is 0 Å². The molecule has 0 N–H and O–H groups in total. The zero-order chi connectivity index (χ0) is 12.0. The van der Waals surface area contributed by atoms with E-state index in [0.29, 0.717) is 0 Å². The normalized spacial score (nSPS) is 28.0. The van der Waals surface area contributed by atoms with Gasteiger partial charge in [-0.3, -0.25) is 0 Å². The molecule has 0 spiro atoms. The van der Waals surface area contributed by atoms with Crippen molar-refractivity contribution < 1.29 is 0 Å². The van der Waals surface area contributed by atoms with Crippen molar-refractivity contribution in [3.05, 3.63) is 12.7 Å². The number of hydrogen-bond donors (Lipinski definition) is 0. The van der Waals surface area contributed by atoms with E-state index >= 15 is 0 Å². The maximum absolute atomic E-state index is 3.95. The van der Waals surface area contributed by atoms with Gasteiger partial charge >= 0.3 is 0 Å². The van der Waals surface area contributed by atoms with E-state index in [-0.39, 0.29) is 0 Å². The molecule has 94 valence electrons. The number of rotatable bonds is 6. The lowest BCUT2D eigenvalue weighted by Gasteiger charge is -2.31. The third-order valence-corrected chi connectivity index (χ3v) is 4.26. The Balaban J connectivity index is 2.23. The largest absolute Gasteiger partial charge is 0.103 e. The summed E-state index contributed by atoms with van der Waals surface area (Å²) in [4.78, 5) is 0. The van der Waals surface area contributed by atoms with Crippen LogP contribution in [0.1, 0.15) is 65.7 Å². The second-order valence-electron chi connectivity index (χ2n) is 6.16. The van der Waals surface area contributed by atoms with Gasteiger partial charge in [0.15, 0.2) is 0 Å². The molecule has 0 amide bonds. The van der Waals surface area contributed by atoms with Crippen LogP contribution in [0.25, 0.3) is 0 Å². The van der Waals surface area contributed by atoms with Gasteiger partial charge in [-0.1, -0.05) is 52.5 Å². The van der Waals surface area contributed by atoms with Crippen molar-refractivity contribution in [3.8, 4) is 0 Å². The minimum Gasteiger partial charge on any atom is -0.103 e. The minimum absolute atomic E-state index is 0.770. The quantitative estimate of drug-likeness (QED) is 0.525. The summed E-state index contributed by atoms with van der Waals surface area (Å²) in [6, 6.07) is 0. The first-order valence-electron chi connectivity index (χ1n) is 7.28. The van der Waals surface area contributed by atoms with E-state index in [1.165, 1.54) is 44.9 Å². The van der Waals surface area contributed by atoms with Gasteiger partial charge in [-0.15, -0.1) is 6.58 Å². The fraction of sp³-hybridized carbons (Fsp3) is 0.875. The molecule has 1 atom stereocenters. The zero-order valence-corrected chi connectivity index (χ0v) is 11.5. The second-order valence-corrected chi connectivity index (χ2v) is 6.16. The first-order valence-corrected chi connectivity index (χ1v) is 7.28. The summed E-state index contributed by atoms with van der Waals surface area (Å²) in [6.07, 6.45) is 12.2. The van der Waals surface area contributed by atoms with Crippen molar-refractivity contribution in [3.63, 3.8) is 0 Å². The summed E-state index contributed by atoms with van der Waals surface area (Å²) in [5, 5.41) is 0. The maximum Gasteiger partial charge on any atom is -0.0236 e. The van der Waals surface area contributed by atoms with Gasteiger partial charge in [0.1, 0.15) is 0 Å². The van der Waals surface area contributed by atoms with Crippen molar-refractivity contribution in [2.75, 3.05) is 0 Å². The molecule has 1 saturated carbocycles. The van der Waals surface area contributed by atoms with Gasteiger partial charge in [-0.25, -0.2) is 0 Å². The second kappa shape index (κ2) is 7.14. The van der Waals surface area contributed by atoms with Crippen LogP contribution in [-0.2, 0) is 0 Å². The highest BCUT2D eigenvalue weighted by Crippen LogP contribution is 2.36. The Labute approximate surface area is 103 Å². The van der Waals surface area contributed by atoms with Crippen LogP contribution in [0.5, 0.6) is 0 Å². The van der Waals surface area contributed by atoms with Crippen molar-refractivity contribution in [1.82, 2.24) is 0 Å². The van der Waals surface area contributed by atoms with Crippen LogP contribution in [0.4, 0.5) is 0 Å². The predicted molar refractivity (Wildman–Crippen MR) is 73.5 cm³/mol. The van der Waals surface area contributed by atoms with Crippen LogP contribution in [-0.4, -0.2) is 0 Å². The third kappa shape index (κ3) is 4.72. The fourth-order valence-electron chi connectivity index (χ4n) is 3.23. The van der Waals surface area contributed by atoms with Gasteiger partial charge in [-0.05, 0) is 42.9 Å². The molecular weight excluding hydrogens is 192 g/mol. The number of hydrogen-bond acceptors (Lipinski definition) is 0. The van der Waals surface area contributed by atoms with E-state index < -0.39 is 0 Å². The number of allylic oxidation sites excluding steroid dienone is 1. The summed E-state index contributed by atoms with van der Waals surface area (Å²) in [7, 11) is 0. The molecular formula is C16H30. The third-order valence-electron chi connectivity index (χ3n) is 4.26. The summed E-state index contributed by atoms with van der Waals surface area (Å²) < 4.78 is 0. The van der Waals surface area contributed by atoms with E-state index in [2.05, 4.69) is 33.4 Å². The molecule has 1 rings (SSSR count). The summed E-state index contributed by atoms with van der Waals surface area (Å²) >= 11 is 0. The van der Waals surface area contributed by atoms with Crippen LogP contribution in [0.15, 0.2) is 12.7 Å². The van der Waals surface area contributed by atoms with E-state index in [9.17, 15) is 0 Å². The predicted octanol–water partition coefficient (Wildman–Crippen LogP) is 5.44. The van der Waals surface area contributed by atoms with E-state index in [1.807, 2.05) is 0 Å². The standard InChI is InChI=1S/C16H30/c1-5-14(6-2)12-16-9-7-15(8-10-16)11-13(3)4/h5,13-16H,1,6-12H2,2-4H3. The fourth-order valence-corrected chi connectivity index (χ4v) is 3.23. The van der Waals surface area contributed by atoms with Gasteiger partial charge in [0.25, 0.3) is 0 Å². The molecule has 0 aromatic carbocycles. The molecule has 0 radical (unpaired) electrons. The summed E-state index contributed by atoms with van der Waals surface area (Å²) in [5.41, 5.74) is 0. The smallest absolute Gasteiger partial charge is 0.0236 e. The molecule has 0 heteroatoms. The highest BCUT2D eigenvalue weighted by Gasteiger charge is 2.22. The van der Waals surface area contributed by atoms with E-state index in [4.69, 9.17) is 0 Å². The first kappa shape index (κ1) is 13.8. The molecule has 0 aromatic heterocycles. The van der Waals surface area contributed by atoms with Gasteiger partial charge in [0.05, 0.1) is 0 Å². The Bertz CT molecular complexity index is 184.